The van der Waals surface area contributed by atoms with Gasteiger partial charge in [-0.05, 0) is 31.0 Å². The van der Waals surface area contributed by atoms with Gasteiger partial charge in [0, 0.05) is 40.8 Å². The molecule has 2 unspecified atom stereocenters. The number of carbonyl (C=O) groups excluding carboxylic acids is 1. The predicted octanol–water partition coefficient (Wildman–Crippen LogP) is 4.54. The van der Waals surface area contributed by atoms with Gasteiger partial charge >= 0.3 is 0 Å². The summed E-state index contributed by atoms with van der Waals surface area (Å²) in [6.45, 7) is 0. The molecule has 0 saturated heterocycles. The Hall–Kier alpha value is -3.65. The van der Waals surface area contributed by atoms with Gasteiger partial charge in [-0.3, -0.25) is 4.79 Å². The Morgan fingerprint density at radius 3 is 2.66 bits per heavy atom. The summed E-state index contributed by atoms with van der Waals surface area (Å²) < 4.78 is 5.95. The Morgan fingerprint density at radius 1 is 1.06 bits per heavy atom. The van der Waals surface area contributed by atoms with Crippen molar-refractivity contribution in [2.75, 3.05) is 10.6 Å². The van der Waals surface area contributed by atoms with Gasteiger partial charge in [-0.25, -0.2) is 4.98 Å². The Bertz CT molecular complexity index is 1270. The predicted molar refractivity (Wildman–Crippen MR) is 128 cm³/mol. The lowest BCUT2D eigenvalue weighted by Gasteiger charge is -2.29. The third kappa shape index (κ3) is 4.09. The van der Waals surface area contributed by atoms with Crippen molar-refractivity contribution in [1.29, 1.82) is 0 Å². The van der Waals surface area contributed by atoms with E-state index in [1.165, 1.54) is 6.20 Å². The van der Waals surface area contributed by atoms with Gasteiger partial charge in [0.2, 0.25) is 5.95 Å². The topological polar surface area (TPSA) is 132 Å². The molecule has 1 aliphatic carbocycles. The molecule has 1 fully saturated rings. The molecule has 0 bridgehead atoms. The van der Waals surface area contributed by atoms with Gasteiger partial charge in [-0.1, -0.05) is 38.5 Å². The summed E-state index contributed by atoms with van der Waals surface area (Å²) >= 11 is 0. The molecular formula is C24H28N6O2. The number of furan rings is 1. The number of para-hydroxylation sites is 1. The first kappa shape index (κ1) is 21.6. The fourth-order valence-electron chi connectivity index (χ4n) is 4.17. The van der Waals surface area contributed by atoms with Crippen LogP contribution in [0.5, 0.6) is 0 Å². The number of nitrogens with two attached hydrogens (primary N) is 2. The Labute approximate surface area is 186 Å². The molecule has 4 aromatic rings. The molecule has 0 spiro atoms. The first-order valence-electron chi connectivity index (χ1n) is 10.5. The van der Waals surface area contributed by atoms with Crippen LogP contribution in [-0.4, -0.2) is 28.0 Å². The molecule has 5 rings (SSSR count). The smallest absolute Gasteiger partial charge is 0.254 e. The maximum absolute atomic E-state index is 11.9. The van der Waals surface area contributed by atoms with Crippen molar-refractivity contribution in [1.82, 2.24) is 9.97 Å². The first-order chi connectivity index (χ1) is 15.1. The number of aromatic nitrogens is 2. The number of nitrogens with one attached hydrogen (secondary N) is 2. The van der Waals surface area contributed by atoms with E-state index >= 15 is 0 Å². The number of hydrogen-bond donors (Lipinski definition) is 4. The van der Waals surface area contributed by atoms with E-state index in [1.54, 1.807) is 0 Å². The van der Waals surface area contributed by atoms with Gasteiger partial charge in [-0.2, -0.15) is 4.98 Å². The van der Waals surface area contributed by atoms with Crippen molar-refractivity contribution in [2.24, 2.45) is 11.5 Å². The van der Waals surface area contributed by atoms with Crippen LogP contribution in [0.4, 0.5) is 17.5 Å². The molecule has 2 aromatic heterocycles. The maximum Gasteiger partial charge on any atom is 0.254 e. The van der Waals surface area contributed by atoms with Crippen molar-refractivity contribution < 1.29 is 9.21 Å². The lowest BCUT2D eigenvalue weighted by atomic mass is 9.91. The minimum Gasteiger partial charge on any atom is -0.456 e. The zero-order valence-electron chi connectivity index (χ0n) is 17.0. The number of hydrogen-bond acceptors (Lipinski definition) is 7. The molecule has 1 saturated carbocycles. The van der Waals surface area contributed by atoms with Gasteiger partial charge < -0.3 is 26.5 Å². The highest BCUT2D eigenvalue weighted by molar-refractivity contribution is 6.06. The summed E-state index contributed by atoms with van der Waals surface area (Å²) in [4.78, 5) is 20.7. The monoisotopic (exact) mass is 432 g/mol. The van der Waals surface area contributed by atoms with Gasteiger partial charge in [0.15, 0.2) is 0 Å². The van der Waals surface area contributed by atoms with Crippen molar-refractivity contribution in [3.63, 3.8) is 0 Å². The van der Waals surface area contributed by atoms with Crippen LogP contribution >= 0.6 is 0 Å². The number of benzene rings is 2. The van der Waals surface area contributed by atoms with Crippen molar-refractivity contribution in [3.8, 4) is 0 Å². The molecule has 6 N–H and O–H groups in total. The summed E-state index contributed by atoms with van der Waals surface area (Å²) in [6.07, 6.45) is 5.63. The molecule has 0 radical (unpaired) electrons. The standard InChI is InChI=1S/C23H24N6O2.CH4/c24-17-6-2-3-7-18(17)28-23-26-12-16(21(25)30)22(29-23)27-13-9-10-15-14-5-1-4-8-19(14)31-20(15)11-13;/h1,4-5,8-12,17-18H,2-3,6-7,24H2,(H2,25,30)(H2,26,27,28,29);1H4. The molecule has 2 aromatic carbocycles. The number of primary amides is 1. The van der Waals surface area contributed by atoms with Crippen molar-refractivity contribution in [2.45, 2.75) is 45.2 Å². The van der Waals surface area contributed by atoms with Crippen molar-refractivity contribution >= 4 is 45.3 Å². The number of amides is 1. The van der Waals surface area contributed by atoms with E-state index in [-0.39, 0.29) is 25.1 Å². The summed E-state index contributed by atoms with van der Waals surface area (Å²) in [5.41, 5.74) is 14.3. The highest BCUT2D eigenvalue weighted by Crippen LogP contribution is 2.31. The molecule has 2 atom stereocenters. The fourth-order valence-corrected chi connectivity index (χ4v) is 4.17. The summed E-state index contributed by atoms with van der Waals surface area (Å²) in [6, 6.07) is 13.8. The van der Waals surface area contributed by atoms with Crippen molar-refractivity contribution in [3.05, 3.63) is 54.2 Å². The van der Waals surface area contributed by atoms with Crippen LogP contribution in [0.3, 0.4) is 0 Å². The van der Waals surface area contributed by atoms with E-state index in [2.05, 4.69) is 20.6 Å². The van der Waals surface area contributed by atoms with E-state index < -0.39 is 5.91 Å². The maximum atomic E-state index is 11.9. The molecule has 2 heterocycles. The minimum absolute atomic E-state index is 0. The SMILES string of the molecule is C.NC(=O)c1cnc(NC2CCCCC2N)nc1Nc1ccc2c(c1)oc1ccccc12. The summed E-state index contributed by atoms with van der Waals surface area (Å²) in [5.74, 6) is 0.151. The van der Waals surface area contributed by atoms with Crippen LogP contribution < -0.4 is 22.1 Å². The van der Waals surface area contributed by atoms with Crippen LogP contribution in [0.25, 0.3) is 21.9 Å². The second-order valence-corrected chi connectivity index (χ2v) is 7.95. The van der Waals surface area contributed by atoms with Gasteiger partial charge in [0.25, 0.3) is 5.91 Å². The molecule has 8 nitrogen and oxygen atoms in total. The van der Waals surface area contributed by atoms with Crippen LogP contribution in [0.1, 0.15) is 43.5 Å². The number of carbonyl (C=O) groups is 1. The lowest BCUT2D eigenvalue weighted by Crippen LogP contribution is -2.43. The lowest BCUT2D eigenvalue weighted by molar-refractivity contribution is 0.100. The second-order valence-electron chi connectivity index (χ2n) is 7.95. The highest BCUT2D eigenvalue weighted by atomic mass is 16.3. The Balaban J connectivity index is 0.00000245. The third-order valence-corrected chi connectivity index (χ3v) is 5.83. The molecule has 8 heteroatoms. The van der Waals surface area contributed by atoms with Crippen LogP contribution in [-0.2, 0) is 0 Å². The largest absolute Gasteiger partial charge is 0.456 e. The van der Waals surface area contributed by atoms with E-state index in [0.29, 0.717) is 11.8 Å². The summed E-state index contributed by atoms with van der Waals surface area (Å²) in [7, 11) is 0. The zero-order valence-corrected chi connectivity index (χ0v) is 17.0. The molecule has 1 amide bonds. The van der Waals surface area contributed by atoms with Crippen LogP contribution in [0, 0.1) is 0 Å². The van der Waals surface area contributed by atoms with E-state index in [9.17, 15) is 4.79 Å². The normalized spacial score (nSPS) is 18.3. The van der Waals surface area contributed by atoms with E-state index in [1.807, 2.05) is 42.5 Å². The molecular weight excluding hydrogens is 404 g/mol. The third-order valence-electron chi connectivity index (χ3n) is 5.83. The minimum atomic E-state index is -0.603. The quantitative estimate of drug-likeness (QED) is 0.364. The molecule has 1 aliphatic rings. The second kappa shape index (κ2) is 8.84. The average molecular weight is 433 g/mol. The van der Waals surface area contributed by atoms with Crippen LogP contribution in [0.15, 0.2) is 53.1 Å². The first-order valence-corrected chi connectivity index (χ1v) is 10.5. The number of nitrogens with zero attached hydrogens (tertiary/aromatic N) is 2. The van der Waals surface area contributed by atoms with Crippen LogP contribution in [0.2, 0.25) is 0 Å². The average Bonchev–Trinajstić information content (AvgIpc) is 3.13. The fraction of sp³-hybridized carbons (Fsp3) is 0.292. The zero-order chi connectivity index (χ0) is 21.4. The van der Waals surface area contributed by atoms with Gasteiger partial charge in [0.1, 0.15) is 22.5 Å². The van der Waals surface area contributed by atoms with E-state index in [4.69, 9.17) is 15.9 Å². The highest BCUT2D eigenvalue weighted by Gasteiger charge is 2.23. The summed E-state index contributed by atoms with van der Waals surface area (Å²) in [5, 5.41) is 8.58. The number of rotatable bonds is 5. The Kier molecular flexibility index (Phi) is 5.96. The Morgan fingerprint density at radius 2 is 1.84 bits per heavy atom. The number of fused-ring (bicyclic) bond motifs is 3. The molecule has 0 aliphatic heterocycles. The van der Waals surface area contributed by atoms with Gasteiger partial charge in [-0.15, -0.1) is 0 Å². The number of anilines is 3. The van der Waals surface area contributed by atoms with E-state index in [0.717, 1.165) is 53.3 Å². The van der Waals surface area contributed by atoms with Gasteiger partial charge in [0.05, 0.1) is 0 Å². The molecule has 166 valence electrons. The molecule has 32 heavy (non-hydrogen) atoms.